The molecule has 0 bridgehead atoms. The zero-order valence-electron chi connectivity index (χ0n) is 15.6. The van der Waals surface area contributed by atoms with Crippen LogP contribution in [-0.2, 0) is 17.9 Å². The summed E-state index contributed by atoms with van der Waals surface area (Å²) in [4.78, 5) is 18.7. The zero-order valence-corrected chi connectivity index (χ0v) is 16.3. The van der Waals surface area contributed by atoms with E-state index in [1.807, 2.05) is 33.8 Å². The first-order valence-corrected chi connectivity index (χ1v) is 8.83. The second kappa shape index (κ2) is 6.59. The lowest BCUT2D eigenvalue weighted by atomic mass is 9.98. The van der Waals surface area contributed by atoms with E-state index in [0.717, 1.165) is 16.5 Å². The Morgan fingerprint density at radius 2 is 2.15 bits per heavy atom. The highest BCUT2D eigenvalue weighted by Crippen LogP contribution is 2.42. The molecule has 2 aromatic rings. The maximum absolute atomic E-state index is 12.6. The minimum absolute atomic E-state index is 0.192. The third-order valence-electron chi connectivity index (χ3n) is 4.52. The highest BCUT2D eigenvalue weighted by Gasteiger charge is 2.35. The number of pyridine rings is 1. The number of nitrogens with zero attached hydrogens (tertiary/aromatic N) is 2. The van der Waals surface area contributed by atoms with Gasteiger partial charge in [-0.2, -0.15) is 0 Å². The lowest BCUT2D eigenvalue weighted by molar-refractivity contribution is 0.0188. The lowest BCUT2D eigenvalue weighted by Crippen LogP contribution is -2.35. The molecule has 0 radical (unpaired) electrons. The highest BCUT2D eigenvalue weighted by molar-refractivity contribution is 6.33. The molecule has 0 spiro atoms. The van der Waals surface area contributed by atoms with Gasteiger partial charge in [0.15, 0.2) is 0 Å². The number of hydrogen-bond acceptors (Lipinski definition) is 5. The minimum atomic E-state index is -0.563. The van der Waals surface area contributed by atoms with E-state index < -0.39 is 5.60 Å². The number of rotatable bonds is 2. The number of aliphatic hydroxyl groups excluding tert-OH is 1. The average Bonchev–Trinajstić information content (AvgIpc) is 2.90. The molecule has 1 aliphatic rings. The van der Waals surface area contributed by atoms with Crippen molar-refractivity contribution < 1.29 is 19.4 Å². The fourth-order valence-electron chi connectivity index (χ4n) is 3.35. The number of fused-ring (bicyclic) bond motifs is 3. The Hall–Kier alpha value is -2.05. The number of aliphatic hydroxyl groups is 1. The molecule has 26 heavy (non-hydrogen) atoms. The van der Waals surface area contributed by atoms with E-state index in [1.165, 1.54) is 7.11 Å². The summed E-state index contributed by atoms with van der Waals surface area (Å²) < 4.78 is 10.9. The molecule has 0 fully saturated rings. The first kappa shape index (κ1) is 18.7. The van der Waals surface area contributed by atoms with E-state index in [4.69, 9.17) is 21.1 Å². The Morgan fingerprint density at radius 3 is 2.73 bits per heavy atom. The molecule has 0 saturated carbocycles. The van der Waals surface area contributed by atoms with Crippen LogP contribution in [0.3, 0.4) is 0 Å². The summed E-state index contributed by atoms with van der Waals surface area (Å²) in [5, 5.41) is 10.9. The molecule has 0 aliphatic carbocycles. The summed E-state index contributed by atoms with van der Waals surface area (Å²) in [6, 6.07) is 1.63. The molecule has 1 aliphatic heterocycles. The van der Waals surface area contributed by atoms with Gasteiger partial charge in [0.25, 0.3) is 0 Å². The first-order chi connectivity index (χ1) is 12.2. The van der Waals surface area contributed by atoms with Crippen LogP contribution < -0.4 is 4.74 Å². The molecule has 7 heteroatoms. The summed E-state index contributed by atoms with van der Waals surface area (Å²) in [6.07, 6.45) is 1.37. The van der Waals surface area contributed by atoms with E-state index >= 15 is 0 Å². The number of aromatic nitrogens is 1. The summed E-state index contributed by atoms with van der Waals surface area (Å²) >= 11 is 6.32. The molecular weight excluding hydrogens is 356 g/mol. The van der Waals surface area contributed by atoms with Crippen LogP contribution >= 0.6 is 11.6 Å². The van der Waals surface area contributed by atoms with Gasteiger partial charge in [-0.15, -0.1) is 0 Å². The predicted octanol–water partition coefficient (Wildman–Crippen LogP) is 4.20. The van der Waals surface area contributed by atoms with Gasteiger partial charge in [-0.1, -0.05) is 11.6 Å². The minimum Gasteiger partial charge on any atom is -0.495 e. The number of methoxy groups -OCH3 is 1. The van der Waals surface area contributed by atoms with Gasteiger partial charge in [0.2, 0.25) is 0 Å². The molecule has 140 valence electrons. The number of carbonyl (C=O) groups is 1. The van der Waals surface area contributed by atoms with Crippen LogP contribution in [0.5, 0.6) is 5.75 Å². The van der Waals surface area contributed by atoms with Crippen LogP contribution in [0.15, 0.2) is 12.3 Å². The van der Waals surface area contributed by atoms with Crippen molar-refractivity contribution >= 4 is 28.6 Å². The van der Waals surface area contributed by atoms with Crippen LogP contribution in [0.4, 0.5) is 4.79 Å². The Balaban J connectivity index is 2.12. The predicted molar refractivity (Wildman–Crippen MR) is 99.4 cm³/mol. The van der Waals surface area contributed by atoms with Crippen LogP contribution in [-0.4, -0.2) is 33.8 Å². The van der Waals surface area contributed by atoms with E-state index in [-0.39, 0.29) is 18.7 Å². The molecule has 1 aromatic heterocycles. The monoisotopic (exact) mass is 378 g/mol. The first-order valence-electron chi connectivity index (χ1n) is 8.45. The normalized spacial score (nSPS) is 16.7. The van der Waals surface area contributed by atoms with Gasteiger partial charge in [-0.3, -0.25) is 9.88 Å². The van der Waals surface area contributed by atoms with Gasteiger partial charge in [0.1, 0.15) is 11.4 Å². The lowest BCUT2D eigenvalue weighted by Gasteiger charge is -2.27. The number of benzene rings is 1. The highest BCUT2D eigenvalue weighted by atomic mass is 35.5. The summed E-state index contributed by atoms with van der Waals surface area (Å²) in [7, 11) is 1.53. The molecule has 1 aromatic carbocycles. The van der Waals surface area contributed by atoms with Crippen LogP contribution in [0.25, 0.3) is 10.9 Å². The summed E-state index contributed by atoms with van der Waals surface area (Å²) in [5.41, 5.74) is 2.50. The Labute approximate surface area is 157 Å². The van der Waals surface area contributed by atoms with Gasteiger partial charge in [0.05, 0.1) is 36.8 Å². The van der Waals surface area contributed by atoms with Crippen molar-refractivity contribution in [3.8, 4) is 5.75 Å². The fourth-order valence-corrected chi connectivity index (χ4v) is 3.63. The quantitative estimate of drug-likeness (QED) is 0.847. The summed E-state index contributed by atoms with van der Waals surface area (Å²) in [5.74, 6) is 0.473. The second-order valence-electron chi connectivity index (χ2n) is 7.41. The second-order valence-corrected chi connectivity index (χ2v) is 7.78. The van der Waals surface area contributed by atoms with Gasteiger partial charge in [-0.05, 0) is 44.9 Å². The van der Waals surface area contributed by atoms with Crippen molar-refractivity contribution in [3.05, 3.63) is 34.0 Å². The van der Waals surface area contributed by atoms with E-state index in [1.54, 1.807) is 11.1 Å². The van der Waals surface area contributed by atoms with Crippen LogP contribution in [0.1, 0.15) is 50.4 Å². The number of ether oxygens (including phenoxy) is 2. The van der Waals surface area contributed by atoms with Crippen molar-refractivity contribution in [3.63, 3.8) is 0 Å². The van der Waals surface area contributed by atoms with E-state index in [0.29, 0.717) is 28.4 Å². The third kappa shape index (κ3) is 3.08. The average molecular weight is 379 g/mol. The molecule has 3 rings (SSSR count). The number of carbonyl (C=O) groups excluding carboxylic acids is 1. The Kier molecular flexibility index (Phi) is 4.75. The molecule has 1 amide bonds. The number of hydrogen-bond donors (Lipinski definition) is 1. The van der Waals surface area contributed by atoms with Gasteiger partial charge >= 0.3 is 6.09 Å². The van der Waals surface area contributed by atoms with E-state index in [2.05, 4.69) is 4.98 Å². The molecular formula is C19H23ClN2O4. The SMILES string of the molecule is COc1cc2c3c(cnc2c(CO)c1Cl)CN(C(=O)OC(C)(C)C)[C@H]3C. The summed E-state index contributed by atoms with van der Waals surface area (Å²) in [6.45, 7) is 7.66. The number of halogens is 1. The molecule has 2 heterocycles. The van der Waals surface area contributed by atoms with Crippen molar-refractivity contribution in [2.75, 3.05) is 7.11 Å². The number of amides is 1. The van der Waals surface area contributed by atoms with Crippen molar-refractivity contribution in [1.82, 2.24) is 9.88 Å². The van der Waals surface area contributed by atoms with Crippen molar-refractivity contribution in [1.29, 1.82) is 0 Å². The van der Waals surface area contributed by atoms with Gasteiger partial charge < -0.3 is 14.6 Å². The van der Waals surface area contributed by atoms with Crippen LogP contribution in [0, 0.1) is 0 Å². The van der Waals surface area contributed by atoms with Crippen molar-refractivity contribution in [2.45, 2.75) is 52.5 Å². The maximum atomic E-state index is 12.6. The topological polar surface area (TPSA) is 71.9 Å². The fraction of sp³-hybridized carbons (Fsp3) is 0.474. The van der Waals surface area contributed by atoms with E-state index in [9.17, 15) is 9.90 Å². The van der Waals surface area contributed by atoms with Crippen molar-refractivity contribution in [2.24, 2.45) is 0 Å². The standard InChI is InChI=1S/C19H23ClN2O4/c1-10-15-11(8-22(10)18(24)26-19(2,3)4)7-21-17-12(15)6-14(25-5)16(20)13(17)9-23/h6-7,10,23H,8-9H2,1-5H3/t10-/m0/s1. The van der Waals surface area contributed by atoms with Gasteiger partial charge in [-0.25, -0.2) is 4.79 Å². The molecule has 0 saturated heterocycles. The smallest absolute Gasteiger partial charge is 0.411 e. The molecule has 1 N–H and O–H groups in total. The Morgan fingerprint density at radius 1 is 1.46 bits per heavy atom. The Bertz CT molecular complexity index is 876. The third-order valence-corrected chi connectivity index (χ3v) is 4.93. The largest absolute Gasteiger partial charge is 0.495 e. The molecule has 0 unspecified atom stereocenters. The zero-order chi connectivity index (χ0) is 19.2. The maximum Gasteiger partial charge on any atom is 0.411 e. The van der Waals surface area contributed by atoms with Gasteiger partial charge in [0, 0.05) is 17.1 Å². The molecule has 6 nitrogen and oxygen atoms in total. The van der Waals surface area contributed by atoms with Crippen LogP contribution in [0.2, 0.25) is 5.02 Å². The molecule has 1 atom stereocenters.